The molecule has 0 unspecified atom stereocenters. The van der Waals surface area contributed by atoms with Crippen LogP contribution in [0.1, 0.15) is 26.7 Å². The summed E-state index contributed by atoms with van der Waals surface area (Å²) in [7, 11) is -2.21. The molecule has 0 spiro atoms. The van der Waals surface area contributed by atoms with Gasteiger partial charge in [0.1, 0.15) is 11.3 Å². The Morgan fingerprint density at radius 3 is 2.48 bits per heavy atom. The van der Waals surface area contributed by atoms with Crippen molar-refractivity contribution in [2.45, 2.75) is 43.2 Å². The fourth-order valence-corrected chi connectivity index (χ4v) is 4.90. The summed E-state index contributed by atoms with van der Waals surface area (Å²) >= 11 is 3.30. The molecule has 0 aromatic heterocycles. The van der Waals surface area contributed by atoms with Crippen molar-refractivity contribution in [3.8, 4) is 11.8 Å². The maximum Gasteiger partial charge on any atom is 0.244 e. The van der Waals surface area contributed by atoms with Crippen LogP contribution in [0.2, 0.25) is 0 Å². The van der Waals surface area contributed by atoms with Crippen LogP contribution in [-0.4, -0.2) is 31.4 Å². The fraction of sp³-hybridized carbons (Fsp3) is 0.500. The summed E-state index contributed by atoms with van der Waals surface area (Å²) < 4.78 is 32.8. The van der Waals surface area contributed by atoms with E-state index < -0.39 is 15.6 Å². The van der Waals surface area contributed by atoms with E-state index in [4.69, 9.17) is 4.74 Å². The predicted molar refractivity (Wildman–Crippen MR) is 82.4 cm³/mol. The molecule has 1 aliphatic rings. The van der Waals surface area contributed by atoms with Gasteiger partial charge in [-0.15, -0.1) is 0 Å². The van der Waals surface area contributed by atoms with Gasteiger partial charge < -0.3 is 4.74 Å². The smallest absolute Gasteiger partial charge is 0.244 e. The normalized spacial score (nSPS) is 15.8. The Bertz CT molecular complexity index is 691. The average molecular weight is 373 g/mol. The number of nitriles is 1. The molecule has 0 bridgehead atoms. The number of rotatable bonds is 5. The Morgan fingerprint density at radius 1 is 1.43 bits per heavy atom. The molecule has 0 saturated heterocycles. The van der Waals surface area contributed by atoms with Gasteiger partial charge in [-0.1, -0.05) is 0 Å². The van der Waals surface area contributed by atoms with E-state index in [-0.39, 0.29) is 10.9 Å². The summed E-state index contributed by atoms with van der Waals surface area (Å²) in [6, 6.07) is 6.61. The van der Waals surface area contributed by atoms with E-state index in [2.05, 4.69) is 22.0 Å². The first-order valence-corrected chi connectivity index (χ1v) is 8.76. The maximum atomic E-state index is 12.9. The molecule has 0 amide bonds. The number of halogens is 1. The van der Waals surface area contributed by atoms with E-state index in [1.165, 1.54) is 23.5 Å². The van der Waals surface area contributed by atoms with E-state index in [0.29, 0.717) is 10.2 Å². The fourth-order valence-electron chi connectivity index (χ4n) is 2.23. The number of methoxy groups -OCH3 is 1. The first-order valence-electron chi connectivity index (χ1n) is 6.53. The molecule has 0 aliphatic heterocycles. The van der Waals surface area contributed by atoms with Crippen molar-refractivity contribution in [1.82, 2.24) is 4.31 Å². The number of ether oxygens (including phenoxy) is 1. The van der Waals surface area contributed by atoms with Crippen molar-refractivity contribution in [1.29, 1.82) is 5.26 Å². The molecule has 1 saturated carbocycles. The minimum absolute atomic E-state index is 0.0921. The minimum Gasteiger partial charge on any atom is -0.496 e. The quantitative estimate of drug-likeness (QED) is 0.796. The van der Waals surface area contributed by atoms with E-state index in [9.17, 15) is 13.7 Å². The lowest BCUT2D eigenvalue weighted by Gasteiger charge is -2.32. The molecule has 0 heterocycles. The van der Waals surface area contributed by atoms with Gasteiger partial charge in [0.2, 0.25) is 10.0 Å². The molecule has 0 atom stereocenters. The van der Waals surface area contributed by atoms with E-state index >= 15 is 0 Å². The Balaban J connectivity index is 2.49. The van der Waals surface area contributed by atoms with E-state index in [1.807, 2.05) is 0 Å². The zero-order valence-corrected chi connectivity index (χ0v) is 14.5. The van der Waals surface area contributed by atoms with Crippen LogP contribution in [0.5, 0.6) is 5.75 Å². The second kappa shape index (κ2) is 5.59. The third kappa shape index (κ3) is 3.07. The van der Waals surface area contributed by atoms with E-state index in [1.54, 1.807) is 19.9 Å². The average Bonchev–Trinajstić information content (AvgIpc) is 3.22. The summed E-state index contributed by atoms with van der Waals surface area (Å²) in [6.45, 7) is 3.25. The number of benzene rings is 1. The Hall–Kier alpha value is -1.10. The van der Waals surface area contributed by atoms with Crippen LogP contribution in [-0.2, 0) is 10.0 Å². The molecule has 5 nitrogen and oxygen atoms in total. The standard InChI is InChI=1S/C14H17BrN2O3S/c1-14(2,9-16)17(10-4-5-10)21(18,19)11-6-7-13(20-3)12(15)8-11/h6-8,10H,4-5H2,1-3H3. The Labute approximate surface area is 133 Å². The highest BCUT2D eigenvalue weighted by Gasteiger charge is 2.47. The van der Waals surface area contributed by atoms with Gasteiger partial charge in [-0.3, -0.25) is 0 Å². The number of hydrogen-bond acceptors (Lipinski definition) is 4. The first kappa shape index (κ1) is 16.3. The van der Waals surface area contributed by atoms with Gasteiger partial charge in [-0.2, -0.15) is 9.57 Å². The molecule has 0 radical (unpaired) electrons. The first-order chi connectivity index (χ1) is 9.74. The van der Waals surface area contributed by atoms with Crippen molar-refractivity contribution < 1.29 is 13.2 Å². The molecule has 1 aromatic rings. The van der Waals surface area contributed by atoms with Gasteiger partial charge in [-0.25, -0.2) is 8.42 Å². The van der Waals surface area contributed by atoms with Crippen molar-refractivity contribution in [2.75, 3.05) is 7.11 Å². The molecular weight excluding hydrogens is 356 g/mol. The zero-order chi connectivity index (χ0) is 15.8. The van der Waals surface area contributed by atoms with Gasteiger partial charge in [-0.05, 0) is 60.8 Å². The second-order valence-electron chi connectivity index (χ2n) is 5.50. The third-order valence-electron chi connectivity index (χ3n) is 3.38. The van der Waals surface area contributed by atoms with Crippen LogP contribution in [0.15, 0.2) is 27.6 Å². The highest BCUT2D eigenvalue weighted by molar-refractivity contribution is 9.10. The Kier molecular flexibility index (Phi) is 4.34. The van der Waals surface area contributed by atoms with Crippen LogP contribution < -0.4 is 4.74 Å². The number of hydrogen-bond donors (Lipinski definition) is 0. The molecular formula is C14H17BrN2O3S. The number of nitrogens with zero attached hydrogens (tertiary/aromatic N) is 2. The van der Waals surface area contributed by atoms with Crippen LogP contribution in [0.25, 0.3) is 0 Å². The molecule has 114 valence electrons. The van der Waals surface area contributed by atoms with Crippen molar-refractivity contribution in [3.05, 3.63) is 22.7 Å². The second-order valence-corrected chi connectivity index (χ2v) is 8.17. The molecule has 2 rings (SSSR count). The van der Waals surface area contributed by atoms with Crippen LogP contribution in [0.3, 0.4) is 0 Å². The molecule has 1 aromatic carbocycles. The van der Waals surface area contributed by atoms with Gasteiger partial charge in [0, 0.05) is 6.04 Å². The number of sulfonamides is 1. The van der Waals surface area contributed by atoms with Gasteiger partial charge >= 0.3 is 0 Å². The van der Waals surface area contributed by atoms with Crippen molar-refractivity contribution >= 4 is 26.0 Å². The third-order valence-corrected chi connectivity index (χ3v) is 6.12. The van der Waals surface area contributed by atoms with Crippen molar-refractivity contribution in [2.24, 2.45) is 0 Å². The van der Waals surface area contributed by atoms with Gasteiger partial charge in [0.25, 0.3) is 0 Å². The van der Waals surface area contributed by atoms with Crippen LogP contribution in [0.4, 0.5) is 0 Å². The summed E-state index contributed by atoms with van der Waals surface area (Å²) in [5.74, 6) is 0.562. The van der Waals surface area contributed by atoms with E-state index in [0.717, 1.165) is 12.8 Å². The summed E-state index contributed by atoms with van der Waals surface area (Å²) in [6.07, 6.45) is 1.59. The summed E-state index contributed by atoms with van der Waals surface area (Å²) in [4.78, 5) is 0.158. The monoisotopic (exact) mass is 372 g/mol. The molecule has 0 N–H and O–H groups in total. The molecule has 1 fully saturated rings. The summed E-state index contributed by atoms with van der Waals surface area (Å²) in [5, 5.41) is 9.30. The predicted octanol–water partition coefficient (Wildman–Crippen LogP) is 2.91. The lowest BCUT2D eigenvalue weighted by molar-refractivity contribution is 0.280. The maximum absolute atomic E-state index is 12.9. The van der Waals surface area contributed by atoms with Gasteiger partial charge in [0.15, 0.2) is 0 Å². The molecule has 1 aliphatic carbocycles. The van der Waals surface area contributed by atoms with Crippen LogP contribution in [0, 0.1) is 11.3 Å². The topological polar surface area (TPSA) is 70.4 Å². The minimum atomic E-state index is -3.73. The lowest BCUT2D eigenvalue weighted by Crippen LogP contribution is -2.48. The lowest BCUT2D eigenvalue weighted by atomic mass is 10.1. The largest absolute Gasteiger partial charge is 0.496 e. The van der Waals surface area contributed by atoms with Crippen molar-refractivity contribution in [3.63, 3.8) is 0 Å². The Morgan fingerprint density at radius 2 is 2.05 bits per heavy atom. The molecule has 7 heteroatoms. The summed E-state index contributed by atoms with van der Waals surface area (Å²) in [5.41, 5.74) is -1.08. The van der Waals surface area contributed by atoms with Gasteiger partial charge in [0.05, 0.1) is 22.5 Å². The zero-order valence-electron chi connectivity index (χ0n) is 12.1. The highest BCUT2D eigenvalue weighted by atomic mass is 79.9. The molecule has 21 heavy (non-hydrogen) atoms. The highest BCUT2D eigenvalue weighted by Crippen LogP contribution is 2.39. The SMILES string of the molecule is COc1ccc(S(=O)(=O)N(C2CC2)C(C)(C)C#N)cc1Br. The van der Waals surface area contributed by atoms with Crippen LogP contribution >= 0.6 is 15.9 Å².